The first kappa shape index (κ1) is 13.6. The highest BCUT2D eigenvalue weighted by Gasteiger charge is 2.15. The maximum Gasteiger partial charge on any atom is 0.371 e. The van der Waals surface area contributed by atoms with Crippen molar-refractivity contribution in [2.24, 2.45) is 0 Å². The Bertz CT molecular complexity index is 533. The van der Waals surface area contributed by atoms with Gasteiger partial charge in [-0.1, -0.05) is 12.1 Å². The Hall–Kier alpha value is -2.50. The minimum atomic E-state index is -1.68. The third-order valence-corrected chi connectivity index (χ3v) is 2.03. The van der Waals surface area contributed by atoms with Crippen LogP contribution in [0.25, 0.3) is 0 Å². The van der Waals surface area contributed by atoms with Crippen molar-refractivity contribution >= 4 is 17.5 Å². The minimum Gasteiger partial charge on any atom is -0.502 e. The summed E-state index contributed by atoms with van der Waals surface area (Å²) in [6.45, 7) is 0. The molecule has 0 radical (unpaired) electrons. The summed E-state index contributed by atoms with van der Waals surface area (Å²) in [5.74, 6) is -5.31. The van der Waals surface area contributed by atoms with Crippen LogP contribution in [0.3, 0.4) is 0 Å². The molecule has 5 nitrogen and oxygen atoms in total. The zero-order chi connectivity index (χ0) is 13.7. The summed E-state index contributed by atoms with van der Waals surface area (Å²) in [6, 6.07) is 5.11. The van der Waals surface area contributed by atoms with Crippen LogP contribution in [0.2, 0.25) is 0 Å². The number of carbonyl (C=O) groups excluding carboxylic acids is 2. The normalized spacial score (nSPS) is 11.1. The molecular formula is C12H9FO5. The fraction of sp³-hybridized carbons (Fsp3) is 0.0833. The number of hydrogen-bond acceptors (Lipinski definition) is 4. The Labute approximate surface area is 101 Å². The molecule has 0 atom stereocenters. The maximum atomic E-state index is 13.2. The quantitative estimate of drug-likeness (QED) is 0.358. The van der Waals surface area contributed by atoms with Crippen molar-refractivity contribution in [3.8, 4) is 0 Å². The van der Waals surface area contributed by atoms with Crippen molar-refractivity contribution in [3.05, 3.63) is 47.5 Å². The zero-order valence-electron chi connectivity index (χ0n) is 9.09. The molecule has 0 fully saturated rings. The number of aliphatic hydroxyl groups is 1. The van der Waals surface area contributed by atoms with Crippen LogP contribution in [0.15, 0.2) is 36.1 Å². The van der Waals surface area contributed by atoms with Crippen LogP contribution in [-0.4, -0.2) is 27.7 Å². The van der Waals surface area contributed by atoms with E-state index in [1.54, 1.807) is 0 Å². The first-order valence-electron chi connectivity index (χ1n) is 4.86. The predicted molar refractivity (Wildman–Crippen MR) is 58.7 cm³/mol. The second-order valence-electron chi connectivity index (χ2n) is 3.38. The van der Waals surface area contributed by atoms with Gasteiger partial charge in [0.1, 0.15) is 5.82 Å². The van der Waals surface area contributed by atoms with E-state index in [-0.39, 0.29) is 5.56 Å². The lowest BCUT2D eigenvalue weighted by atomic mass is 10.1. The van der Waals surface area contributed by atoms with Crippen LogP contribution >= 0.6 is 0 Å². The molecule has 94 valence electrons. The largest absolute Gasteiger partial charge is 0.502 e. The number of ketones is 2. The number of Topliss-reactive ketones (excluding diaryl/α,β-unsaturated/α-hetero) is 1. The molecule has 0 aliphatic heterocycles. The van der Waals surface area contributed by atoms with E-state index in [9.17, 15) is 18.8 Å². The number of benzene rings is 1. The molecule has 0 bridgehead atoms. The van der Waals surface area contributed by atoms with Crippen LogP contribution in [0.4, 0.5) is 4.39 Å². The highest BCUT2D eigenvalue weighted by atomic mass is 19.1. The van der Waals surface area contributed by atoms with Crippen molar-refractivity contribution in [1.82, 2.24) is 0 Å². The first-order valence-corrected chi connectivity index (χ1v) is 4.86. The molecule has 0 unspecified atom stereocenters. The molecule has 0 saturated carbocycles. The first-order chi connectivity index (χ1) is 8.41. The second kappa shape index (κ2) is 5.72. The number of carboxylic acids is 1. The van der Waals surface area contributed by atoms with Crippen LogP contribution in [-0.2, 0) is 9.59 Å². The summed E-state index contributed by atoms with van der Waals surface area (Å²) in [4.78, 5) is 32.9. The van der Waals surface area contributed by atoms with Crippen LogP contribution in [0.5, 0.6) is 0 Å². The fourth-order valence-electron chi connectivity index (χ4n) is 1.21. The molecule has 0 spiro atoms. The van der Waals surface area contributed by atoms with E-state index in [1.807, 2.05) is 0 Å². The average Bonchev–Trinajstić information content (AvgIpc) is 2.28. The molecule has 0 aliphatic carbocycles. The van der Waals surface area contributed by atoms with E-state index in [0.29, 0.717) is 6.08 Å². The standard InChI is InChI=1S/C12H9FO5/c13-9-4-2-1-3-8(9)10(15)5-7(14)6-11(16)12(17)18/h1-4,6,16H,5H2,(H,17,18)/b11-6-. The molecule has 1 aromatic rings. The second-order valence-corrected chi connectivity index (χ2v) is 3.38. The number of rotatable bonds is 5. The molecule has 0 heterocycles. The average molecular weight is 252 g/mol. The summed E-state index contributed by atoms with van der Waals surface area (Å²) >= 11 is 0. The maximum absolute atomic E-state index is 13.2. The van der Waals surface area contributed by atoms with Crippen molar-refractivity contribution in [2.75, 3.05) is 0 Å². The van der Waals surface area contributed by atoms with Gasteiger partial charge in [0.15, 0.2) is 11.6 Å². The van der Waals surface area contributed by atoms with Crippen molar-refractivity contribution in [1.29, 1.82) is 0 Å². The third kappa shape index (κ3) is 3.51. The number of allylic oxidation sites excluding steroid dienone is 1. The summed E-state index contributed by atoms with van der Waals surface area (Å²) in [6.07, 6.45) is -0.292. The molecule has 0 aliphatic rings. The van der Waals surface area contributed by atoms with Gasteiger partial charge in [-0.05, 0) is 12.1 Å². The predicted octanol–water partition coefficient (Wildman–Crippen LogP) is 1.49. The molecule has 0 saturated heterocycles. The zero-order valence-corrected chi connectivity index (χ0v) is 9.09. The summed E-state index contributed by atoms with van der Waals surface area (Å²) < 4.78 is 13.2. The van der Waals surface area contributed by atoms with Gasteiger partial charge in [-0.15, -0.1) is 0 Å². The van der Waals surface area contributed by atoms with Gasteiger partial charge in [-0.2, -0.15) is 0 Å². The van der Waals surface area contributed by atoms with Crippen LogP contribution in [0.1, 0.15) is 16.8 Å². The smallest absolute Gasteiger partial charge is 0.371 e. The van der Waals surface area contributed by atoms with Gasteiger partial charge < -0.3 is 10.2 Å². The molecule has 18 heavy (non-hydrogen) atoms. The summed E-state index contributed by atoms with van der Waals surface area (Å²) in [5.41, 5.74) is -0.255. The van der Waals surface area contributed by atoms with Crippen LogP contribution < -0.4 is 0 Å². The molecule has 0 aromatic heterocycles. The Balaban J connectivity index is 2.78. The van der Waals surface area contributed by atoms with Gasteiger partial charge in [-0.25, -0.2) is 9.18 Å². The summed E-state index contributed by atoms with van der Waals surface area (Å²) in [7, 11) is 0. The van der Waals surface area contributed by atoms with Gasteiger partial charge in [0.2, 0.25) is 5.76 Å². The molecular weight excluding hydrogens is 243 g/mol. The van der Waals surface area contributed by atoms with Crippen LogP contribution in [0, 0.1) is 5.82 Å². The molecule has 1 aromatic carbocycles. The van der Waals surface area contributed by atoms with E-state index in [1.165, 1.54) is 18.2 Å². The van der Waals surface area contributed by atoms with Gasteiger partial charge >= 0.3 is 5.97 Å². The lowest BCUT2D eigenvalue weighted by molar-refractivity contribution is -0.135. The Morgan fingerprint density at radius 2 is 1.78 bits per heavy atom. The SMILES string of the molecule is O=C(/C=C(\O)C(=O)O)CC(=O)c1ccccc1F. The number of halogens is 1. The van der Waals surface area contributed by atoms with Crippen molar-refractivity contribution in [2.45, 2.75) is 6.42 Å². The van der Waals surface area contributed by atoms with Gasteiger partial charge in [0.05, 0.1) is 12.0 Å². The highest BCUT2D eigenvalue weighted by molar-refractivity contribution is 6.12. The number of carbonyl (C=O) groups is 3. The van der Waals surface area contributed by atoms with E-state index >= 15 is 0 Å². The van der Waals surface area contributed by atoms with Crippen molar-refractivity contribution in [3.63, 3.8) is 0 Å². The topological polar surface area (TPSA) is 91.7 Å². The number of aliphatic hydroxyl groups excluding tert-OH is 1. The van der Waals surface area contributed by atoms with E-state index in [4.69, 9.17) is 10.2 Å². The Morgan fingerprint density at radius 1 is 1.17 bits per heavy atom. The Kier molecular flexibility index (Phi) is 4.31. The van der Waals surface area contributed by atoms with Gasteiger partial charge in [0, 0.05) is 6.08 Å². The molecule has 0 amide bonds. The molecule has 6 heteroatoms. The summed E-state index contributed by atoms with van der Waals surface area (Å²) in [5, 5.41) is 17.1. The van der Waals surface area contributed by atoms with Gasteiger partial charge in [-0.3, -0.25) is 9.59 Å². The van der Waals surface area contributed by atoms with E-state index in [2.05, 4.69) is 0 Å². The number of carboxylic acid groups (broad SMARTS) is 1. The lowest BCUT2D eigenvalue weighted by Gasteiger charge is -2.00. The Morgan fingerprint density at radius 3 is 2.33 bits per heavy atom. The van der Waals surface area contributed by atoms with E-state index in [0.717, 1.165) is 6.07 Å². The van der Waals surface area contributed by atoms with Crippen molar-refractivity contribution < 1.29 is 29.0 Å². The third-order valence-electron chi connectivity index (χ3n) is 2.03. The minimum absolute atomic E-state index is 0.255. The highest BCUT2D eigenvalue weighted by Crippen LogP contribution is 2.09. The number of aliphatic carboxylic acids is 1. The number of hydrogen-bond donors (Lipinski definition) is 2. The van der Waals surface area contributed by atoms with E-state index < -0.39 is 35.5 Å². The lowest BCUT2D eigenvalue weighted by Crippen LogP contribution is -2.10. The molecule has 1 rings (SSSR count). The fourth-order valence-corrected chi connectivity index (χ4v) is 1.21. The van der Waals surface area contributed by atoms with Gasteiger partial charge in [0.25, 0.3) is 0 Å². The molecule has 2 N–H and O–H groups in total. The monoisotopic (exact) mass is 252 g/mol.